The maximum atomic E-state index is 12.1. The Labute approximate surface area is 119 Å². The van der Waals surface area contributed by atoms with E-state index in [-0.39, 0.29) is 16.3 Å². The number of hydrogen-bond acceptors (Lipinski definition) is 3. The monoisotopic (exact) mass is 327 g/mol. The molecule has 5 heteroatoms. The second-order valence-corrected chi connectivity index (χ2v) is 6.68. The van der Waals surface area contributed by atoms with Gasteiger partial charge in [0.1, 0.15) is 0 Å². The van der Waals surface area contributed by atoms with Crippen molar-refractivity contribution in [3.63, 3.8) is 0 Å². The minimum Gasteiger partial charge on any atom is -0.310 e. The number of aryl methyl sites for hydroxylation is 1. The molecule has 0 aromatic heterocycles. The summed E-state index contributed by atoms with van der Waals surface area (Å²) in [5.74, 6) is 0.0868. The lowest BCUT2D eigenvalue weighted by molar-refractivity contribution is -0.117. The van der Waals surface area contributed by atoms with Crippen LogP contribution in [-0.4, -0.2) is 22.8 Å². The van der Waals surface area contributed by atoms with Crippen molar-refractivity contribution in [3.05, 3.63) is 28.2 Å². The Kier molecular flexibility index (Phi) is 4.12. The minimum atomic E-state index is 0.0681. The lowest BCUT2D eigenvalue weighted by Gasteiger charge is -2.20. The van der Waals surface area contributed by atoms with E-state index in [0.29, 0.717) is 13.0 Å². The van der Waals surface area contributed by atoms with Crippen LogP contribution in [0.2, 0.25) is 0 Å². The van der Waals surface area contributed by atoms with Crippen molar-refractivity contribution >= 4 is 44.4 Å². The van der Waals surface area contributed by atoms with E-state index in [4.69, 9.17) is 0 Å². The van der Waals surface area contributed by atoms with Crippen LogP contribution in [-0.2, 0) is 9.59 Å². The highest BCUT2D eigenvalue weighted by Crippen LogP contribution is 2.35. The van der Waals surface area contributed by atoms with Gasteiger partial charge in [0.2, 0.25) is 5.91 Å². The molecule has 2 rings (SSSR count). The molecule has 0 saturated carbocycles. The summed E-state index contributed by atoms with van der Waals surface area (Å²) in [6.07, 6.45) is 0.436. The van der Waals surface area contributed by atoms with E-state index < -0.39 is 0 Å². The molecule has 1 fully saturated rings. The van der Waals surface area contributed by atoms with Crippen LogP contribution in [0.3, 0.4) is 0 Å². The van der Waals surface area contributed by atoms with Gasteiger partial charge < -0.3 is 4.90 Å². The molecule has 1 aliphatic rings. The maximum Gasteiger partial charge on any atom is 0.228 e. The van der Waals surface area contributed by atoms with Gasteiger partial charge in [-0.25, -0.2) is 0 Å². The van der Waals surface area contributed by atoms with Gasteiger partial charge >= 0.3 is 0 Å². The summed E-state index contributed by atoms with van der Waals surface area (Å²) in [5, 5.41) is 0.139. The standard InChI is InChI=1S/C13H14BrNO2S/c1-8-4-3-5-11(14)13(8)15-7-10(6-12(15)17)18-9(2)16/h3-5,10H,6-7H2,1-2H3. The van der Waals surface area contributed by atoms with Gasteiger partial charge in [-0.3, -0.25) is 9.59 Å². The molecular weight excluding hydrogens is 314 g/mol. The normalized spacial score (nSPS) is 19.4. The number of carbonyl (C=O) groups excluding carboxylic acids is 2. The highest BCUT2D eigenvalue weighted by atomic mass is 79.9. The zero-order valence-corrected chi connectivity index (χ0v) is 12.7. The third-order valence-corrected chi connectivity index (χ3v) is 4.50. The average Bonchev–Trinajstić information content (AvgIpc) is 2.58. The minimum absolute atomic E-state index is 0.0681. The third kappa shape index (κ3) is 2.78. The highest BCUT2D eigenvalue weighted by Gasteiger charge is 2.33. The summed E-state index contributed by atoms with van der Waals surface area (Å²) in [6, 6.07) is 5.87. The van der Waals surface area contributed by atoms with Gasteiger partial charge in [-0.1, -0.05) is 23.9 Å². The molecular formula is C13H14BrNO2S. The van der Waals surface area contributed by atoms with Crippen LogP contribution in [0.1, 0.15) is 18.9 Å². The Balaban J connectivity index is 2.24. The zero-order valence-electron chi connectivity index (χ0n) is 10.3. The molecule has 1 saturated heterocycles. The van der Waals surface area contributed by atoms with Crippen molar-refractivity contribution in [2.24, 2.45) is 0 Å². The molecule has 3 nitrogen and oxygen atoms in total. The first-order valence-corrected chi connectivity index (χ1v) is 7.39. The number of benzene rings is 1. The van der Waals surface area contributed by atoms with Gasteiger partial charge in [-0.15, -0.1) is 0 Å². The quantitative estimate of drug-likeness (QED) is 0.837. The van der Waals surface area contributed by atoms with E-state index in [9.17, 15) is 9.59 Å². The smallest absolute Gasteiger partial charge is 0.228 e. The lowest BCUT2D eigenvalue weighted by Crippen LogP contribution is -2.26. The van der Waals surface area contributed by atoms with E-state index >= 15 is 0 Å². The van der Waals surface area contributed by atoms with Crippen LogP contribution in [0.15, 0.2) is 22.7 Å². The van der Waals surface area contributed by atoms with Crippen LogP contribution in [0.4, 0.5) is 5.69 Å². The van der Waals surface area contributed by atoms with Gasteiger partial charge in [0.15, 0.2) is 5.12 Å². The van der Waals surface area contributed by atoms with Crippen LogP contribution in [0, 0.1) is 6.92 Å². The first-order valence-electron chi connectivity index (χ1n) is 5.71. The number of rotatable bonds is 2. The van der Waals surface area contributed by atoms with Crippen LogP contribution in [0.25, 0.3) is 0 Å². The fourth-order valence-corrected chi connectivity index (χ4v) is 3.77. The third-order valence-electron chi connectivity index (χ3n) is 2.88. The summed E-state index contributed by atoms with van der Waals surface area (Å²) in [5.41, 5.74) is 1.99. The fraction of sp³-hybridized carbons (Fsp3) is 0.385. The molecule has 1 aromatic carbocycles. The first-order chi connectivity index (χ1) is 8.49. The molecule has 0 radical (unpaired) electrons. The molecule has 1 heterocycles. The lowest BCUT2D eigenvalue weighted by atomic mass is 10.2. The van der Waals surface area contributed by atoms with E-state index in [1.54, 1.807) is 11.8 Å². The number of thioether (sulfide) groups is 1. The Morgan fingerprint density at radius 2 is 2.22 bits per heavy atom. The van der Waals surface area contributed by atoms with E-state index in [0.717, 1.165) is 15.7 Å². The number of carbonyl (C=O) groups is 2. The molecule has 18 heavy (non-hydrogen) atoms. The number of anilines is 1. The fourth-order valence-electron chi connectivity index (χ4n) is 2.17. The number of hydrogen-bond donors (Lipinski definition) is 0. The predicted molar refractivity (Wildman–Crippen MR) is 77.9 cm³/mol. The molecule has 1 unspecified atom stereocenters. The van der Waals surface area contributed by atoms with Crippen molar-refractivity contribution in [3.8, 4) is 0 Å². The Bertz CT molecular complexity index is 484. The molecule has 1 atom stereocenters. The molecule has 0 aliphatic carbocycles. The van der Waals surface area contributed by atoms with Crippen LogP contribution in [0.5, 0.6) is 0 Å². The summed E-state index contributed by atoms with van der Waals surface area (Å²) in [4.78, 5) is 24.9. The molecule has 0 spiro atoms. The van der Waals surface area contributed by atoms with Gasteiger partial charge in [0.05, 0.1) is 5.69 Å². The first kappa shape index (κ1) is 13.6. The zero-order chi connectivity index (χ0) is 13.3. The molecule has 1 aromatic rings. The van der Waals surface area contributed by atoms with Gasteiger partial charge in [0, 0.05) is 29.6 Å². The van der Waals surface area contributed by atoms with Gasteiger partial charge in [-0.05, 0) is 34.5 Å². The van der Waals surface area contributed by atoms with E-state index in [1.165, 1.54) is 11.8 Å². The Morgan fingerprint density at radius 1 is 1.50 bits per heavy atom. The molecule has 1 amide bonds. The van der Waals surface area contributed by atoms with Crippen molar-refractivity contribution in [2.75, 3.05) is 11.4 Å². The number of halogens is 1. The highest BCUT2D eigenvalue weighted by molar-refractivity contribution is 9.10. The van der Waals surface area contributed by atoms with Crippen molar-refractivity contribution in [1.29, 1.82) is 0 Å². The van der Waals surface area contributed by atoms with Crippen molar-refractivity contribution < 1.29 is 9.59 Å². The topological polar surface area (TPSA) is 37.4 Å². The van der Waals surface area contributed by atoms with E-state index in [2.05, 4.69) is 15.9 Å². The molecule has 96 valence electrons. The molecule has 0 N–H and O–H groups in total. The second kappa shape index (κ2) is 5.45. The average molecular weight is 328 g/mol. The number of nitrogens with zero attached hydrogens (tertiary/aromatic N) is 1. The van der Waals surface area contributed by atoms with E-state index in [1.807, 2.05) is 25.1 Å². The van der Waals surface area contributed by atoms with Crippen molar-refractivity contribution in [1.82, 2.24) is 0 Å². The maximum absolute atomic E-state index is 12.1. The molecule has 0 bridgehead atoms. The number of amides is 1. The summed E-state index contributed by atoms with van der Waals surface area (Å²) < 4.78 is 0.921. The summed E-state index contributed by atoms with van der Waals surface area (Å²) >= 11 is 4.75. The number of para-hydroxylation sites is 1. The van der Waals surface area contributed by atoms with Crippen molar-refractivity contribution in [2.45, 2.75) is 25.5 Å². The molecule has 1 aliphatic heterocycles. The predicted octanol–water partition coefficient (Wildman–Crippen LogP) is 3.14. The Hall–Kier alpha value is -0.810. The second-order valence-electron chi connectivity index (χ2n) is 4.35. The van der Waals surface area contributed by atoms with Gasteiger partial charge in [-0.2, -0.15) is 0 Å². The SMILES string of the molecule is CC(=O)SC1CC(=O)N(c2c(C)cccc2Br)C1. The largest absolute Gasteiger partial charge is 0.310 e. The van der Waals surface area contributed by atoms with Crippen LogP contribution >= 0.6 is 27.7 Å². The van der Waals surface area contributed by atoms with Gasteiger partial charge in [0.25, 0.3) is 0 Å². The summed E-state index contributed by atoms with van der Waals surface area (Å²) in [7, 11) is 0. The van der Waals surface area contributed by atoms with Crippen LogP contribution < -0.4 is 4.90 Å². The summed E-state index contributed by atoms with van der Waals surface area (Å²) in [6.45, 7) is 4.13. The Morgan fingerprint density at radius 3 is 2.83 bits per heavy atom.